The molecular formula is C20H32O4. The molecule has 2 atom stereocenters. The lowest BCUT2D eigenvalue weighted by Crippen LogP contribution is -2.47. The molecule has 1 aliphatic heterocycles. The molecule has 1 saturated carbocycles. The van der Waals surface area contributed by atoms with Gasteiger partial charge in [0.1, 0.15) is 11.7 Å². The minimum atomic E-state index is -0.686. The van der Waals surface area contributed by atoms with Crippen LogP contribution in [0.25, 0.3) is 0 Å². The maximum absolute atomic E-state index is 13.1. The van der Waals surface area contributed by atoms with Crippen molar-refractivity contribution in [1.29, 1.82) is 0 Å². The zero-order chi connectivity index (χ0) is 18.2. The smallest absolute Gasteiger partial charge is 0.316 e. The van der Waals surface area contributed by atoms with E-state index in [-0.39, 0.29) is 23.5 Å². The molecule has 1 saturated heterocycles. The van der Waals surface area contributed by atoms with E-state index in [9.17, 15) is 9.59 Å². The van der Waals surface area contributed by atoms with Crippen molar-refractivity contribution >= 4 is 11.9 Å². The van der Waals surface area contributed by atoms with Crippen molar-refractivity contribution in [2.75, 3.05) is 0 Å². The first kappa shape index (κ1) is 19.0. The Morgan fingerprint density at radius 2 is 1.88 bits per heavy atom. The van der Waals surface area contributed by atoms with Crippen LogP contribution in [0.3, 0.4) is 0 Å². The Hall–Kier alpha value is -1.32. The first-order valence-corrected chi connectivity index (χ1v) is 9.21. The fourth-order valence-electron chi connectivity index (χ4n) is 4.09. The number of cyclic esters (lactones) is 1. The van der Waals surface area contributed by atoms with Gasteiger partial charge in [0.25, 0.3) is 0 Å². The van der Waals surface area contributed by atoms with Crippen molar-refractivity contribution in [1.82, 2.24) is 0 Å². The van der Waals surface area contributed by atoms with E-state index < -0.39 is 11.0 Å². The van der Waals surface area contributed by atoms with Crippen LogP contribution in [0, 0.1) is 10.8 Å². The summed E-state index contributed by atoms with van der Waals surface area (Å²) in [5.74, 6) is -0.342. The molecule has 4 heteroatoms. The van der Waals surface area contributed by atoms with Gasteiger partial charge in [0, 0.05) is 6.42 Å². The van der Waals surface area contributed by atoms with E-state index >= 15 is 0 Å². The number of hydrogen-bond donors (Lipinski definition) is 0. The highest BCUT2D eigenvalue weighted by Gasteiger charge is 2.66. The molecule has 0 aromatic rings. The van der Waals surface area contributed by atoms with Gasteiger partial charge in [-0.2, -0.15) is 0 Å². The third kappa shape index (κ3) is 3.25. The third-order valence-corrected chi connectivity index (χ3v) is 5.90. The molecule has 2 rings (SSSR count). The number of carbonyl (C=O) groups excluding carboxylic acids is 2. The van der Waals surface area contributed by atoms with Gasteiger partial charge >= 0.3 is 11.9 Å². The minimum Gasteiger partial charge on any atom is -0.457 e. The standard InChI is InChI=1S/C20H32O4/c1-7-20(8-2)15(10-9-11-16(21)24-20)23-17(22)19(12-14(3)4)13-18(19,5)6/h12,15H,7-11,13H2,1-6H3. The number of carbonyl (C=O) groups is 2. The Kier molecular flexibility index (Phi) is 5.17. The topological polar surface area (TPSA) is 52.6 Å². The molecule has 0 N–H and O–H groups in total. The molecule has 1 heterocycles. The van der Waals surface area contributed by atoms with Gasteiger partial charge in [-0.3, -0.25) is 9.59 Å². The highest BCUT2D eigenvalue weighted by molar-refractivity contribution is 5.84. The Morgan fingerprint density at radius 1 is 1.29 bits per heavy atom. The molecule has 2 unspecified atom stereocenters. The molecule has 0 spiro atoms. The summed E-state index contributed by atoms with van der Waals surface area (Å²) in [4.78, 5) is 25.0. The molecule has 0 bridgehead atoms. The summed E-state index contributed by atoms with van der Waals surface area (Å²) >= 11 is 0. The highest BCUT2D eigenvalue weighted by Crippen LogP contribution is 2.65. The van der Waals surface area contributed by atoms with E-state index in [1.165, 1.54) is 0 Å². The Labute approximate surface area is 146 Å². The van der Waals surface area contributed by atoms with Crippen LogP contribution < -0.4 is 0 Å². The largest absolute Gasteiger partial charge is 0.457 e. The second kappa shape index (κ2) is 6.53. The van der Waals surface area contributed by atoms with Crippen LogP contribution in [0.5, 0.6) is 0 Å². The van der Waals surface area contributed by atoms with Crippen LogP contribution in [0.1, 0.15) is 80.1 Å². The molecule has 0 aromatic carbocycles. The van der Waals surface area contributed by atoms with Crippen LogP contribution in [0.15, 0.2) is 11.6 Å². The van der Waals surface area contributed by atoms with Crippen LogP contribution in [-0.2, 0) is 19.1 Å². The first-order chi connectivity index (χ1) is 11.1. The third-order valence-electron chi connectivity index (χ3n) is 5.90. The molecule has 0 radical (unpaired) electrons. The molecular weight excluding hydrogens is 304 g/mol. The average Bonchev–Trinajstić information content (AvgIpc) is 3.09. The summed E-state index contributed by atoms with van der Waals surface area (Å²) < 4.78 is 11.8. The van der Waals surface area contributed by atoms with Gasteiger partial charge in [0.15, 0.2) is 0 Å². The lowest BCUT2D eigenvalue weighted by atomic mass is 9.87. The number of allylic oxidation sites excluding steroid dienone is 1. The molecule has 24 heavy (non-hydrogen) atoms. The van der Waals surface area contributed by atoms with Crippen molar-refractivity contribution in [2.24, 2.45) is 10.8 Å². The SMILES string of the molecule is CCC1(CC)OC(=O)CCCC1OC(=O)C1(C=C(C)C)CC1(C)C. The minimum absolute atomic E-state index is 0.0795. The van der Waals surface area contributed by atoms with Gasteiger partial charge in [0.2, 0.25) is 0 Å². The van der Waals surface area contributed by atoms with Gasteiger partial charge in [0.05, 0.1) is 5.41 Å². The first-order valence-electron chi connectivity index (χ1n) is 9.21. The van der Waals surface area contributed by atoms with Gasteiger partial charge in [-0.25, -0.2) is 0 Å². The van der Waals surface area contributed by atoms with Gasteiger partial charge in [-0.15, -0.1) is 0 Å². The average molecular weight is 336 g/mol. The van der Waals surface area contributed by atoms with Crippen molar-refractivity contribution in [3.63, 3.8) is 0 Å². The maximum Gasteiger partial charge on any atom is 0.316 e. The Morgan fingerprint density at radius 3 is 2.33 bits per heavy atom. The molecule has 4 nitrogen and oxygen atoms in total. The molecule has 136 valence electrons. The monoisotopic (exact) mass is 336 g/mol. The van der Waals surface area contributed by atoms with E-state index in [2.05, 4.69) is 19.9 Å². The molecule has 2 aliphatic rings. The zero-order valence-corrected chi connectivity index (χ0v) is 16.0. The predicted molar refractivity (Wildman–Crippen MR) is 93.4 cm³/mol. The number of ether oxygens (including phenoxy) is 2. The fourth-order valence-corrected chi connectivity index (χ4v) is 4.09. The maximum atomic E-state index is 13.1. The number of esters is 2. The molecule has 0 aromatic heterocycles. The van der Waals surface area contributed by atoms with Gasteiger partial charge in [-0.05, 0) is 51.4 Å². The lowest BCUT2D eigenvalue weighted by molar-refractivity contribution is -0.187. The van der Waals surface area contributed by atoms with Gasteiger partial charge in [-0.1, -0.05) is 39.3 Å². The molecule has 0 amide bonds. The summed E-state index contributed by atoms with van der Waals surface area (Å²) in [6.07, 6.45) is 5.62. The van der Waals surface area contributed by atoms with E-state index in [1.807, 2.05) is 27.7 Å². The Bertz CT molecular complexity index is 538. The van der Waals surface area contributed by atoms with Crippen LogP contribution in [-0.4, -0.2) is 23.6 Å². The number of rotatable bonds is 5. The zero-order valence-electron chi connectivity index (χ0n) is 16.0. The summed E-state index contributed by atoms with van der Waals surface area (Å²) in [5, 5.41) is 0. The van der Waals surface area contributed by atoms with E-state index in [4.69, 9.17) is 9.47 Å². The molecule has 2 fully saturated rings. The van der Waals surface area contributed by atoms with Crippen molar-refractivity contribution < 1.29 is 19.1 Å². The number of hydrogen-bond acceptors (Lipinski definition) is 4. The van der Waals surface area contributed by atoms with E-state index in [1.54, 1.807) is 0 Å². The van der Waals surface area contributed by atoms with Crippen LogP contribution in [0.4, 0.5) is 0 Å². The van der Waals surface area contributed by atoms with Crippen molar-refractivity contribution in [3.05, 3.63) is 11.6 Å². The second-order valence-electron chi connectivity index (χ2n) is 8.29. The lowest BCUT2D eigenvalue weighted by Gasteiger charge is -2.37. The van der Waals surface area contributed by atoms with E-state index in [0.29, 0.717) is 32.1 Å². The van der Waals surface area contributed by atoms with Crippen LogP contribution >= 0.6 is 0 Å². The summed E-state index contributed by atoms with van der Waals surface area (Å²) in [6, 6.07) is 0. The fraction of sp³-hybridized carbons (Fsp3) is 0.800. The van der Waals surface area contributed by atoms with Gasteiger partial charge < -0.3 is 9.47 Å². The molecule has 1 aliphatic carbocycles. The van der Waals surface area contributed by atoms with Crippen molar-refractivity contribution in [2.45, 2.75) is 91.8 Å². The highest BCUT2D eigenvalue weighted by atomic mass is 16.6. The van der Waals surface area contributed by atoms with E-state index in [0.717, 1.165) is 12.0 Å². The summed E-state index contributed by atoms with van der Waals surface area (Å²) in [5.41, 5.74) is -0.171. The predicted octanol–water partition coefficient (Wildman–Crippen LogP) is 4.57. The summed E-state index contributed by atoms with van der Waals surface area (Å²) in [7, 11) is 0. The van der Waals surface area contributed by atoms with Crippen LogP contribution in [0.2, 0.25) is 0 Å². The Balaban J connectivity index is 2.25. The quantitative estimate of drug-likeness (QED) is 0.545. The second-order valence-corrected chi connectivity index (χ2v) is 8.29. The summed E-state index contributed by atoms with van der Waals surface area (Å²) in [6.45, 7) is 12.2. The van der Waals surface area contributed by atoms with Crippen molar-refractivity contribution in [3.8, 4) is 0 Å². The normalized spacial score (nSPS) is 30.8.